The van der Waals surface area contributed by atoms with E-state index in [-0.39, 0.29) is 11.9 Å². The van der Waals surface area contributed by atoms with E-state index in [9.17, 15) is 4.39 Å². The minimum Gasteiger partial charge on any atom is -0.497 e. The average Bonchev–Trinajstić information content (AvgIpc) is 2.62. The predicted molar refractivity (Wildman–Crippen MR) is 92.3 cm³/mol. The number of ether oxygens (including phenoxy) is 1. The molecular weight excluding hydrogens is 289 g/mol. The van der Waals surface area contributed by atoms with Gasteiger partial charge in [-0.1, -0.05) is 31.4 Å². The molecule has 3 rings (SSSR count). The molecule has 1 fully saturated rings. The molecule has 0 bridgehead atoms. The molecule has 0 aromatic heterocycles. The molecule has 1 aliphatic rings. The van der Waals surface area contributed by atoms with Gasteiger partial charge in [0, 0.05) is 5.69 Å². The third-order valence-electron chi connectivity index (χ3n) is 4.76. The molecule has 2 aromatic rings. The number of anilines is 1. The van der Waals surface area contributed by atoms with Crippen LogP contribution in [0.4, 0.5) is 10.1 Å². The molecule has 23 heavy (non-hydrogen) atoms. The highest BCUT2D eigenvalue weighted by molar-refractivity contribution is 5.48. The molecule has 1 unspecified atom stereocenters. The largest absolute Gasteiger partial charge is 0.497 e. The Morgan fingerprint density at radius 3 is 2.22 bits per heavy atom. The maximum atomic E-state index is 13.3. The summed E-state index contributed by atoms with van der Waals surface area (Å²) in [6, 6.07) is 15.2. The Morgan fingerprint density at radius 2 is 1.61 bits per heavy atom. The maximum absolute atomic E-state index is 13.3. The fourth-order valence-corrected chi connectivity index (χ4v) is 3.48. The van der Waals surface area contributed by atoms with Crippen LogP contribution in [-0.4, -0.2) is 7.11 Å². The Morgan fingerprint density at radius 1 is 0.957 bits per heavy atom. The third kappa shape index (κ3) is 4.04. The molecule has 3 heteroatoms. The Hall–Kier alpha value is -2.03. The lowest BCUT2D eigenvalue weighted by molar-refractivity contribution is 0.321. The van der Waals surface area contributed by atoms with Crippen LogP contribution in [0.15, 0.2) is 48.5 Å². The van der Waals surface area contributed by atoms with Crippen LogP contribution in [0.3, 0.4) is 0 Å². The third-order valence-corrected chi connectivity index (χ3v) is 4.76. The van der Waals surface area contributed by atoms with Gasteiger partial charge in [-0.25, -0.2) is 4.39 Å². The average molecular weight is 313 g/mol. The van der Waals surface area contributed by atoms with Crippen LogP contribution in [0.2, 0.25) is 0 Å². The van der Waals surface area contributed by atoms with Crippen LogP contribution in [0, 0.1) is 11.7 Å². The zero-order valence-corrected chi connectivity index (χ0v) is 13.6. The lowest BCUT2D eigenvalue weighted by atomic mass is 9.81. The fourth-order valence-electron chi connectivity index (χ4n) is 3.48. The molecule has 0 radical (unpaired) electrons. The summed E-state index contributed by atoms with van der Waals surface area (Å²) in [7, 11) is 1.67. The normalized spacial score (nSPS) is 16.8. The number of rotatable bonds is 5. The molecular formula is C20H24FNO. The lowest BCUT2D eigenvalue weighted by Crippen LogP contribution is -2.23. The molecule has 0 saturated heterocycles. The SMILES string of the molecule is COc1ccc(NC(c2ccc(F)cc2)C2CCCCC2)cc1. The van der Waals surface area contributed by atoms with Crippen LogP contribution < -0.4 is 10.1 Å². The van der Waals surface area contributed by atoms with Crippen LogP contribution in [0.25, 0.3) is 0 Å². The predicted octanol–water partition coefficient (Wildman–Crippen LogP) is 5.57. The van der Waals surface area contributed by atoms with Gasteiger partial charge in [0.25, 0.3) is 0 Å². The second kappa shape index (κ2) is 7.49. The first-order chi connectivity index (χ1) is 11.3. The lowest BCUT2D eigenvalue weighted by Gasteiger charge is -2.32. The van der Waals surface area contributed by atoms with Crippen molar-refractivity contribution in [3.8, 4) is 5.75 Å². The number of hydrogen-bond acceptors (Lipinski definition) is 2. The van der Waals surface area contributed by atoms with Gasteiger partial charge in [-0.3, -0.25) is 0 Å². The van der Waals surface area contributed by atoms with Gasteiger partial charge in [-0.15, -0.1) is 0 Å². The molecule has 1 N–H and O–H groups in total. The Bertz CT molecular complexity index is 603. The molecule has 0 aliphatic heterocycles. The van der Waals surface area contributed by atoms with Gasteiger partial charge >= 0.3 is 0 Å². The summed E-state index contributed by atoms with van der Waals surface area (Å²) in [6.07, 6.45) is 6.35. The molecule has 1 saturated carbocycles. The van der Waals surface area contributed by atoms with E-state index in [1.54, 1.807) is 19.2 Å². The number of nitrogens with one attached hydrogen (secondary N) is 1. The standard InChI is InChI=1S/C20H24FNO/c1-23-19-13-11-18(12-14-19)22-20(15-5-3-2-4-6-15)16-7-9-17(21)10-8-16/h7-15,20,22H,2-6H2,1H3. The van der Waals surface area contributed by atoms with Crippen molar-refractivity contribution in [2.75, 3.05) is 12.4 Å². The summed E-state index contributed by atoms with van der Waals surface area (Å²) < 4.78 is 18.5. The van der Waals surface area contributed by atoms with E-state index in [4.69, 9.17) is 4.74 Å². The maximum Gasteiger partial charge on any atom is 0.123 e. The van der Waals surface area contributed by atoms with Gasteiger partial charge in [-0.05, 0) is 60.7 Å². The van der Waals surface area contributed by atoms with E-state index in [2.05, 4.69) is 5.32 Å². The first kappa shape index (κ1) is 15.9. The first-order valence-corrected chi connectivity index (χ1v) is 8.42. The van der Waals surface area contributed by atoms with E-state index in [1.807, 2.05) is 36.4 Å². The highest BCUT2D eigenvalue weighted by Crippen LogP contribution is 2.37. The van der Waals surface area contributed by atoms with Crippen molar-refractivity contribution in [1.82, 2.24) is 0 Å². The van der Waals surface area contributed by atoms with Gasteiger partial charge in [0.15, 0.2) is 0 Å². The fraction of sp³-hybridized carbons (Fsp3) is 0.400. The minimum absolute atomic E-state index is 0.180. The minimum atomic E-state index is -0.180. The summed E-state index contributed by atoms with van der Waals surface area (Å²) in [5.74, 6) is 1.27. The molecule has 1 atom stereocenters. The highest BCUT2D eigenvalue weighted by Gasteiger charge is 2.25. The monoisotopic (exact) mass is 313 g/mol. The van der Waals surface area contributed by atoms with Crippen molar-refractivity contribution >= 4 is 5.69 Å². The molecule has 0 heterocycles. The highest BCUT2D eigenvalue weighted by atomic mass is 19.1. The van der Waals surface area contributed by atoms with Crippen LogP contribution in [0.1, 0.15) is 43.7 Å². The Balaban J connectivity index is 1.82. The Kier molecular flexibility index (Phi) is 5.16. The zero-order valence-electron chi connectivity index (χ0n) is 13.6. The second-order valence-corrected chi connectivity index (χ2v) is 6.30. The molecule has 0 amide bonds. The van der Waals surface area contributed by atoms with Crippen molar-refractivity contribution < 1.29 is 9.13 Å². The summed E-state index contributed by atoms with van der Waals surface area (Å²) in [5.41, 5.74) is 2.24. The molecule has 1 aliphatic carbocycles. The van der Waals surface area contributed by atoms with E-state index in [0.717, 1.165) is 17.0 Å². The van der Waals surface area contributed by atoms with E-state index in [1.165, 1.54) is 32.1 Å². The van der Waals surface area contributed by atoms with E-state index >= 15 is 0 Å². The summed E-state index contributed by atoms with van der Waals surface area (Å²) in [6.45, 7) is 0. The Labute approximate surface area is 137 Å². The molecule has 122 valence electrons. The summed E-state index contributed by atoms with van der Waals surface area (Å²) in [5, 5.41) is 3.66. The van der Waals surface area contributed by atoms with Crippen LogP contribution in [0.5, 0.6) is 5.75 Å². The summed E-state index contributed by atoms with van der Waals surface area (Å²) >= 11 is 0. The molecule has 0 spiro atoms. The van der Waals surface area contributed by atoms with Gasteiger partial charge in [0.1, 0.15) is 11.6 Å². The first-order valence-electron chi connectivity index (χ1n) is 8.42. The van der Waals surface area contributed by atoms with Gasteiger partial charge in [-0.2, -0.15) is 0 Å². The number of hydrogen-bond donors (Lipinski definition) is 1. The van der Waals surface area contributed by atoms with Crippen molar-refractivity contribution in [2.45, 2.75) is 38.1 Å². The van der Waals surface area contributed by atoms with E-state index < -0.39 is 0 Å². The second-order valence-electron chi connectivity index (χ2n) is 6.30. The number of benzene rings is 2. The molecule has 2 nitrogen and oxygen atoms in total. The van der Waals surface area contributed by atoms with Crippen molar-refractivity contribution in [2.24, 2.45) is 5.92 Å². The van der Waals surface area contributed by atoms with Gasteiger partial charge in [0.2, 0.25) is 0 Å². The van der Waals surface area contributed by atoms with Crippen molar-refractivity contribution in [3.63, 3.8) is 0 Å². The summed E-state index contributed by atoms with van der Waals surface area (Å²) in [4.78, 5) is 0. The van der Waals surface area contributed by atoms with Crippen molar-refractivity contribution in [1.29, 1.82) is 0 Å². The number of methoxy groups -OCH3 is 1. The van der Waals surface area contributed by atoms with Crippen LogP contribution in [-0.2, 0) is 0 Å². The van der Waals surface area contributed by atoms with Crippen LogP contribution >= 0.6 is 0 Å². The number of halogens is 1. The molecule has 2 aromatic carbocycles. The van der Waals surface area contributed by atoms with Gasteiger partial charge < -0.3 is 10.1 Å². The van der Waals surface area contributed by atoms with Crippen molar-refractivity contribution in [3.05, 3.63) is 59.9 Å². The smallest absolute Gasteiger partial charge is 0.123 e. The van der Waals surface area contributed by atoms with Gasteiger partial charge in [0.05, 0.1) is 13.2 Å². The quantitative estimate of drug-likeness (QED) is 0.779. The van der Waals surface area contributed by atoms with E-state index in [0.29, 0.717) is 5.92 Å². The topological polar surface area (TPSA) is 21.3 Å². The zero-order chi connectivity index (χ0) is 16.1.